The lowest BCUT2D eigenvalue weighted by Gasteiger charge is -2.68. The average molecular weight is 497 g/mol. The van der Waals surface area contributed by atoms with Crippen molar-refractivity contribution in [1.82, 2.24) is 0 Å². The molecule has 0 aromatic rings. The second kappa shape index (κ2) is 8.21. The maximum Gasteiger partial charge on any atom is 0.314 e. The molecule has 6 N–H and O–H groups in total. The third-order valence-electron chi connectivity index (χ3n) is 11.0. The number of carbonyl (C=O) groups excluding carboxylic acids is 1. The quantitative estimate of drug-likeness (QED) is 0.240. The van der Waals surface area contributed by atoms with E-state index in [1.807, 2.05) is 13.8 Å². The van der Waals surface area contributed by atoms with Gasteiger partial charge in [-0.3, -0.25) is 4.79 Å². The van der Waals surface area contributed by atoms with E-state index in [4.69, 9.17) is 9.47 Å². The van der Waals surface area contributed by atoms with Crippen LogP contribution in [-0.4, -0.2) is 85.6 Å². The number of carbonyl (C=O) groups is 1. The minimum absolute atomic E-state index is 0.219. The van der Waals surface area contributed by atoms with Gasteiger partial charge in [-0.15, -0.1) is 0 Å². The fraction of sp³-hybridized carbons (Fsp3) is 0.885. The van der Waals surface area contributed by atoms with Crippen LogP contribution in [0.5, 0.6) is 0 Å². The molecule has 1 spiro atoms. The second-order valence-corrected chi connectivity index (χ2v) is 12.3. The highest BCUT2D eigenvalue weighted by atomic mass is 16.7. The zero-order valence-electron chi connectivity index (χ0n) is 20.6. The van der Waals surface area contributed by atoms with E-state index in [2.05, 4.69) is 6.58 Å². The average Bonchev–Trinajstić information content (AvgIpc) is 3.03. The molecule has 1 heterocycles. The first-order valence-electron chi connectivity index (χ1n) is 13.0. The Morgan fingerprint density at radius 2 is 1.77 bits per heavy atom. The van der Waals surface area contributed by atoms with Gasteiger partial charge >= 0.3 is 5.97 Å². The van der Waals surface area contributed by atoms with Gasteiger partial charge in [0.1, 0.15) is 24.4 Å². The number of fused-ring (bicyclic) bond motifs is 3. The van der Waals surface area contributed by atoms with Gasteiger partial charge in [0.25, 0.3) is 0 Å². The number of esters is 1. The van der Waals surface area contributed by atoms with Gasteiger partial charge in [0.2, 0.25) is 6.29 Å². The third kappa shape index (κ3) is 3.15. The molecule has 0 amide bonds. The van der Waals surface area contributed by atoms with Gasteiger partial charge in [0, 0.05) is 10.8 Å². The molecular weight excluding hydrogens is 456 g/mol. The summed E-state index contributed by atoms with van der Waals surface area (Å²) in [6.07, 6.45) is -3.08. The number of hydrogen-bond acceptors (Lipinski definition) is 9. The van der Waals surface area contributed by atoms with E-state index < -0.39 is 71.2 Å². The van der Waals surface area contributed by atoms with E-state index in [1.54, 1.807) is 0 Å². The van der Waals surface area contributed by atoms with Crippen LogP contribution in [0.3, 0.4) is 0 Å². The first kappa shape index (κ1) is 25.6. The summed E-state index contributed by atoms with van der Waals surface area (Å²) in [6.45, 7) is 7.41. The molecule has 12 atom stereocenters. The lowest BCUT2D eigenvalue weighted by Crippen LogP contribution is -2.71. The summed E-state index contributed by atoms with van der Waals surface area (Å²) in [7, 11) is 0. The Balaban J connectivity index is 1.43. The fourth-order valence-electron chi connectivity index (χ4n) is 8.93. The zero-order valence-corrected chi connectivity index (χ0v) is 20.6. The van der Waals surface area contributed by atoms with Crippen molar-refractivity contribution in [2.45, 2.75) is 108 Å². The fourth-order valence-corrected chi connectivity index (χ4v) is 8.93. The van der Waals surface area contributed by atoms with Gasteiger partial charge in [0.05, 0.1) is 23.7 Å². The molecule has 0 aromatic carbocycles. The molecule has 9 nitrogen and oxygen atoms in total. The molecule has 5 fully saturated rings. The molecule has 1 saturated heterocycles. The number of aliphatic hydroxyl groups excluding tert-OH is 5. The van der Waals surface area contributed by atoms with Gasteiger partial charge < -0.3 is 40.1 Å². The Morgan fingerprint density at radius 1 is 1.06 bits per heavy atom. The number of aliphatic hydroxyl groups is 6. The van der Waals surface area contributed by atoms with Crippen molar-refractivity contribution in [3.05, 3.63) is 12.2 Å². The molecule has 35 heavy (non-hydrogen) atoms. The molecule has 0 unspecified atom stereocenters. The molecule has 198 valence electrons. The first-order valence-corrected chi connectivity index (χ1v) is 13.0. The maximum atomic E-state index is 13.7. The highest BCUT2D eigenvalue weighted by molar-refractivity contribution is 5.77. The molecule has 4 aliphatic carbocycles. The first-order chi connectivity index (χ1) is 16.4. The van der Waals surface area contributed by atoms with Crippen molar-refractivity contribution in [2.75, 3.05) is 6.61 Å². The molecular formula is C26H40O9. The lowest BCUT2D eigenvalue weighted by atomic mass is 9.38. The van der Waals surface area contributed by atoms with Crippen molar-refractivity contribution in [1.29, 1.82) is 0 Å². The van der Waals surface area contributed by atoms with Crippen LogP contribution in [0.15, 0.2) is 12.2 Å². The molecule has 0 aromatic heterocycles. The molecule has 5 aliphatic rings. The summed E-state index contributed by atoms with van der Waals surface area (Å²) >= 11 is 0. The number of rotatable bonds is 3. The summed E-state index contributed by atoms with van der Waals surface area (Å²) in [4.78, 5) is 13.7. The Kier molecular flexibility index (Phi) is 6.00. The van der Waals surface area contributed by atoms with Gasteiger partial charge in [-0.05, 0) is 69.3 Å². The van der Waals surface area contributed by atoms with Crippen LogP contribution in [0.4, 0.5) is 0 Å². The number of ether oxygens (including phenoxy) is 2. The van der Waals surface area contributed by atoms with E-state index >= 15 is 0 Å². The van der Waals surface area contributed by atoms with E-state index in [-0.39, 0.29) is 11.8 Å². The zero-order chi connectivity index (χ0) is 25.6. The minimum Gasteiger partial charge on any atom is -0.432 e. The van der Waals surface area contributed by atoms with Crippen LogP contribution in [0.1, 0.15) is 65.2 Å². The smallest absolute Gasteiger partial charge is 0.314 e. The van der Waals surface area contributed by atoms with Crippen molar-refractivity contribution in [3.63, 3.8) is 0 Å². The molecule has 5 rings (SSSR count). The normalized spacial score (nSPS) is 55.7. The second-order valence-electron chi connectivity index (χ2n) is 12.3. The Morgan fingerprint density at radius 3 is 2.46 bits per heavy atom. The molecule has 1 aliphatic heterocycles. The van der Waals surface area contributed by atoms with Crippen LogP contribution < -0.4 is 0 Å². The summed E-state index contributed by atoms with van der Waals surface area (Å²) < 4.78 is 11.0. The molecule has 9 heteroatoms. The Labute approximate surface area is 205 Å². The van der Waals surface area contributed by atoms with Crippen LogP contribution >= 0.6 is 0 Å². The van der Waals surface area contributed by atoms with Crippen LogP contribution in [0.2, 0.25) is 0 Å². The predicted octanol–water partition coefficient (Wildman–Crippen LogP) is 0.384. The summed E-state index contributed by atoms with van der Waals surface area (Å²) in [6, 6.07) is 0. The summed E-state index contributed by atoms with van der Waals surface area (Å²) in [5.41, 5.74) is -2.60. The molecule has 4 saturated carbocycles. The van der Waals surface area contributed by atoms with Crippen LogP contribution in [0.25, 0.3) is 0 Å². The van der Waals surface area contributed by atoms with Crippen LogP contribution in [-0.2, 0) is 14.3 Å². The molecule has 2 bridgehead atoms. The maximum absolute atomic E-state index is 13.7. The number of hydrogen-bond donors (Lipinski definition) is 6. The van der Waals surface area contributed by atoms with E-state index in [9.17, 15) is 35.4 Å². The molecule has 0 radical (unpaired) electrons. The van der Waals surface area contributed by atoms with Crippen molar-refractivity contribution < 1.29 is 44.9 Å². The van der Waals surface area contributed by atoms with Crippen molar-refractivity contribution >= 4 is 5.97 Å². The topological polar surface area (TPSA) is 157 Å². The standard InChI is InChI=1S/C26H40O9/c1-13-14-5-10-26(33)24(3)8-4-7-23(2,16(24)6-9-25(26,11-14)20(13)31)22(32)35-21-19(30)18(29)17(28)15(12-27)34-21/h14-21,27-31,33H,1,4-12H2,2-3H3/t14-,15+,16-,17-,18-,19-,20+,21+,23-,24-,25+,26-/m1/s1. The summed E-state index contributed by atoms with van der Waals surface area (Å²) in [5.74, 6) is -0.603. The summed E-state index contributed by atoms with van der Waals surface area (Å²) in [5, 5.41) is 63.6. The third-order valence-corrected chi connectivity index (χ3v) is 11.0. The lowest BCUT2D eigenvalue weighted by molar-refractivity contribution is -0.303. The Bertz CT molecular complexity index is 892. The minimum atomic E-state index is -1.66. The Hall–Kier alpha value is -1.07. The largest absolute Gasteiger partial charge is 0.432 e. The van der Waals surface area contributed by atoms with Gasteiger partial charge in [0.15, 0.2) is 0 Å². The van der Waals surface area contributed by atoms with Crippen LogP contribution in [0, 0.1) is 28.1 Å². The monoisotopic (exact) mass is 496 g/mol. The van der Waals surface area contributed by atoms with E-state index in [0.717, 1.165) is 24.8 Å². The van der Waals surface area contributed by atoms with Gasteiger partial charge in [-0.25, -0.2) is 0 Å². The van der Waals surface area contributed by atoms with Gasteiger partial charge in [-0.2, -0.15) is 0 Å². The highest BCUT2D eigenvalue weighted by Crippen LogP contribution is 2.73. The van der Waals surface area contributed by atoms with E-state index in [1.165, 1.54) is 0 Å². The van der Waals surface area contributed by atoms with E-state index in [0.29, 0.717) is 32.1 Å². The predicted molar refractivity (Wildman–Crippen MR) is 123 cm³/mol. The highest BCUT2D eigenvalue weighted by Gasteiger charge is 2.75. The van der Waals surface area contributed by atoms with Crippen molar-refractivity contribution in [3.8, 4) is 0 Å². The van der Waals surface area contributed by atoms with Crippen molar-refractivity contribution in [2.24, 2.45) is 28.1 Å². The SMILES string of the molecule is C=C1[C@@H]2CC[C@]3(O)[C@@](CC[C@@H]4[C@](C)(C(=O)O[C@@H]5O[C@@H](CO)[C@@H](O)[C@@H](O)[C@H]5O)CCC[C@]43C)(C2)[C@H]1O. The van der Waals surface area contributed by atoms with Gasteiger partial charge in [-0.1, -0.05) is 19.9 Å².